The second kappa shape index (κ2) is 8.61. The van der Waals surface area contributed by atoms with Gasteiger partial charge in [-0.2, -0.15) is 0 Å². The van der Waals surface area contributed by atoms with E-state index in [1.807, 2.05) is 30.3 Å². The average Bonchev–Trinajstić information content (AvgIpc) is 3.14. The monoisotopic (exact) mass is 420 g/mol. The van der Waals surface area contributed by atoms with Crippen LogP contribution < -0.4 is 10.0 Å². The molecule has 1 amide bonds. The summed E-state index contributed by atoms with van der Waals surface area (Å²) in [5.41, 5.74) is 1.39. The Balaban J connectivity index is 1.65. The van der Waals surface area contributed by atoms with Gasteiger partial charge in [-0.05, 0) is 30.8 Å². The average molecular weight is 421 g/mol. The number of rotatable bonds is 7. The molecule has 0 saturated heterocycles. The number of anilines is 1. The number of hydrogen-bond donors (Lipinski definition) is 2. The molecule has 140 valence electrons. The SMILES string of the molecule is CNS(=O)(=O)c1cccc(C(=O)Nc2nnc(SCc3ccccc3)s2)c1. The fourth-order valence-corrected chi connectivity index (χ4v) is 4.61. The van der Waals surface area contributed by atoms with Gasteiger partial charge in [0.15, 0.2) is 4.34 Å². The van der Waals surface area contributed by atoms with Crippen LogP contribution in [0.15, 0.2) is 63.8 Å². The molecule has 0 radical (unpaired) electrons. The first kappa shape index (κ1) is 19.5. The lowest BCUT2D eigenvalue weighted by Gasteiger charge is -2.05. The lowest BCUT2D eigenvalue weighted by molar-refractivity contribution is 0.102. The Labute approximate surface area is 165 Å². The molecule has 1 heterocycles. The second-order valence-corrected chi connectivity index (χ2v) is 9.42. The van der Waals surface area contributed by atoms with Gasteiger partial charge >= 0.3 is 0 Å². The second-order valence-electron chi connectivity index (χ2n) is 5.34. The number of nitrogens with zero attached hydrogens (tertiary/aromatic N) is 2. The number of carbonyl (C=O) groups is 1. The topological polar surface area (TPSA) is 101 Å². The Morgan fingerprint density at radius 3 is 2.63 bits per heavy atom. The van der Waals surface area contributed by atoms with Crippen LogP contribution in [0, 0.1) is 0 Å². The van der Waals surface area contributed by atoms with E-state index >= 15 is 0 Å². The molecule has 0 aliphatic heterocycles. The highest BCUT2D eigenvalue weighted by Crippen LogP contribution is 2.28. The zero-order valence-electron chi connectivity index (χ0n) is 14.2. The molecular weight excluding hydrogens is 404 g/mol. The summed E-state index contributed by atoms with van der Waals surface area (Å²) in [5.74, 6) is 0.312. The summed E-state index contributed by atoms with van der Waals surface area (Å²) in [6.45, 7) is 0. The highest BCUT2D eigenvalue weighted by Gasteiger charge is 2.15. The third-order valence-electron chi connectivity index (χ3n) is 3.51. The van der Waals surface area contributed by atoms with Crippen molar-refractivity contribution < 1.29 is 13.2 Å². The van der Waals surface area contributed by atoms with Crippen molar-refractivity contribution in [2.75, 3.05) is 12.4 Å². The minimum Gasteiger partial charge on any atom is -0.296 e. The first-order valence-electron chi connectivity index (χ1n) is 7.83. The van der Waals surface area contributed by atoms with Crippen LogP contribution in [-0.4, -0.2) is 31.6 Å². The molecule has 27 heavy (non-hydrogen) atoms. The molecule has 3 aromatic rings. The zero-order chi connectivity index (χ0) is 19.3. The summed E-state index contributed by atoms with van der Waals surface area (Å²) >= 11 is 2.80. The Hall–Kier alpha value is -2.27. The number of amides is 1. The third-order valence-corrected chi connectivity index (χ3v) is 6.96. The van der Waals surface area contributed by atoms with Gasteiger partial charge in [0.05, 0.1) is 4.90 Å². The molecule has 0 aliphatic rings. The fraction of sp³-hybridized carbons (Fsp3) is 0.118. The van der Waals surface area contributed by atoms with Gasteiger partial charge in [0.2, 0.25) is 15.2 Å². The third kappa shape index (κ3) is 5.13. The van der Waals surface area contributed by atoms with E-state index in [2.05, 4.69) is 20.2 Å². The van der Waals surface area contributed by atoms with E-state index in [4.69, 9.17) is 0 Å². The van der Waals surface area contributed by atoms with Gasteiger partial charge in [0, 0.05) is 11.3 Å². The number of nitrogens with one attached hydrogen (secondary N) is 2. The maximum Gasteiger partial charge on any atom is 0.257 e. The van der Waals surface area contributed by atoms with Crippen molar-refractivity contribution in [2.24, 2.45) is 0 Å². The molecule has 3 rings (SSSR count). The van der Waals surface area contributed by atoms with E-state index in [1.54, 1.807) is 0 Å². The molecule has 0 bridgehead atoms. The van der Waals surface area contributed by atoms with Gasteiger partial charge in [-0.25, -0.2) is 13.1 Å². The van der Waals surface area contributed by atoms with Gasteiger partial charge in [0.1, 0.15) is 0 Å². The summed E-state index contributed by atoms with van der Waals surface area (Å²) in [7, 11) is -2.30. The largest absolute Gasteiger partial charge is 0.296 e. The molecule has 2 aromatic carbocycles. The predicted octanol–water partition coefficient (Wildman–Crippen LogP) is 2.99. The van der Waals surface area contributed by atoms with E-state index in [0.717, 1.165) is 10.1 Å². The highest BCUT2D eigenvalue weighted by molar-refractivity contribution is 8.00. The molecule has 0 aliphatic carbocycles. The summed E-state index contributed by atoms with van der Waals surface area (Å²) in [6, 6.07) is 15.8. The van der Waals surface area contributed by atoms with E-state index < -0.39 is 15.9 Å². The molecule has 2 N–H and O–H groups in total. The number of aromatic nitrogens is 2. The Morgan fingerprint density at radius 1 is 1.11 bits per heavy atom. The minimum atomic E-state index is -3.62. The predicted molar refractivity (Wildman–Crippen MR) is 107 cm³/mol. The molecule has 0 atom stereocenters. The van der Waals surface area contributed by atoms with Crippen LogP contribution in [-0.2, 0) is 15.8 Å². The lowest BCUT2D eigenvalue weighted by Crippen LogP contribution is -2.19. The van der Waals surface area contributed by atoms with E-state index in [1.165, 1.54) is 60.0 Å². The summed E-state index contributed by atoms with van der Waals surface area (Å²) in [5, 5.41) is 11.0. The van der Waals surface area contributed by atoms with Crippen molar-refractivity contribution >= 4 is 44.2 Å². The van der Waals surface area contributed by atoms with Gasteiger partial charge in [0.25, 0.3) is 5.91 Å². The van der Waals surface area contributed by atoms with Crippen molar-refractivity contribution in [3.8, 4) is 0 Å². The maximum absolute atomic E-state index is 12.4. The van der Waals surface area contributed by atoms with E-state index in [9.17, 15) is 13.2 Å². The Kier molecular flexibility index (Phi) is 6.22. The minimum absolute atomic E-state index is 0.0222. The normalized spacial score (nSPS) is 11.3. The molecule has 0 spiro atoms. The van der Waals surface area contributed by atoms with Gasteiger partial charge in [-0.1, -0.05) is 59.5 Å². The number of benzene rings is 2. The Morgan fingerprint density at radius 2 is 1.89 bits per heavy atom. The van der Waals surface area contributed by atoms with Crippen molar-refractivity contribution in [1.82, 2.24) is 14.9 Å². The summed E-state index contributed by atoms with van der Waals surface area (Å²) < 4.78 is 26.7. The van der Waals surface area contributed by atoms with Gasteiger partial charge in [-0.15, -0.1) is 10.2 Å². The van der Waals surface area contributed by atoms with Gasteiger partial charge < -0.3 is 0 Å². The first-order chi connectivity index (χ1) is 13.0. The van der Waals surface area contributed by atoms with E-state index in [0.29, 0.717) is 5.13 Å². The molecule has 7 nitrogen and oxygen atoms in total. The number of hydrogen-bond acceptors (Lipinski definition) is 7. The smallest absolute Gasteiger partial charge is 0.257 e. The quantitative estimate of drug-likeness (QED) is 0.450. The van der Waals surface area contributed by atoms with E-state index in [-0.39, 0.29) is 10.5 Å². The number of sulfonamides is 1. The van der Waals surface area contributed by atoms with Crippen molar-refractivity contribution in [1.29, 1.82) is 0 Å². The van der Waals surface area contributed by atoms with Crippen molar-refractivity contribution in [3.05, 3.63) is 65.7 Å². The fourth-order valence-electron chi connectivity index (χ4n) is 2.13. The Bertz CT molecular complexity index is 1040. The standard InChI is InChI=1S/C17H16N4O3S3/c1-18-27(23,24)14-9-5-8-13(10-14)15(22)19-16-20-21-17(26-16)25-11-12-6-3-2-4-7-12/h2-10,18H,11H2,1H3,(H,19,20,22). The molecule has 10 heteroatoms. The highest BCUT2D eigenvalue weighted by atomic mass is 32.2. The first-order valence-corrected chi connectivity index (χ1v) is 11.1. The van der Waals surface area contributed by atoms with Crippen LogP contribution in [0.2, 0.25) is 0 Å². The maximum atomic E-state index is 12.4. The van der Waals surface area contributed by atoms with Gasteiger partial charge in [-0.3, -0.25) is 10.1 Å². The van der Waals surface area contributed by atoms with Crippen LogP contribution >= 0.6 is 23.1 Å². The number of thioether (sulfide) groups is 1. The molecule has 1 aromatic heterocycles. The van der Waals surface area contributed by atoms with Crippen LogP contribution in [0.25, 0.3) is 0 Å². The lowest BCUT2D eigenvalue weighted by atomic mass is 10.2. The molecule has 0 saturated carbocycles. The van der Waals surface area contributed by atoms with Crippen molar-refractivity contribution in [3.63, 3.8) is 0 Å². The molecular formula is C17H16N4O3S3. The zero-order valence-corrected chi connectivity index (χ0v) is 16.7. The van der Waals surface area contributed by atoms with Crippen LogP contribution in [0.5, 0.6) is 0 Å². The summed E-state index contributed by atoms with van der Waals surface area (Å²) in [4.78, 5) is 12.4. The summed E-state index contributed by atoms with van der Waals surface area (Å²) in [6.07, 6.45) is 0. The van der Waals surface area contributed by atoms with Crippen LogP contribution in [0.4, 0.5) is 5.13 Å². The molecule has 0 fully saturated rings. The number of carbonyl (C=O) groups excluding carboxylic acids is 1. The van der Waals surface area contributed by atoms with Crippen molar-refractivity contribution in [2.45, 2.75) is 15.0 Å². The molecule has 0 unspecified atom stereocenters. The van der Waals surface area contributed by atoms with Crippen LogP contribution in [0.1, 0.15) is 15.9 Å². The van der Waals surface area contributed by atoms with Crippen LogP contribution in [0.3, 0.4) is 0 Å².